The molecule has 0 fully saturated rings. The van der Waals surface area contributed by atoms with Crippen LogP contribution in [0.4, 0.5) is 0 Å². The van der Waals surface area contributed by atoms with Crippen molar-refractivity contribution in [2.45, 2.75) is 131 Å². The summed E-state index contributed by atoms with van der Waals surface area (Å²) in [6.07, 6.45) is -1.16. The normalized spacial score (nSPS) is 13.0. The van der Waals surface area contributed by atoms with Crippen molar-refractivity contribution in [1.29, 1.82) is 0 Å². The second kappa shape index (κ2) is 24.5. The van der Waals surface area contributed by atoms with E-state index in [2.05, 4.69) is 5.32 Å². The molecule has 4 aromatic rings. The lowest BCUT2D eigenvalue weighted by molar-refractivity contribution is -0.160. The van der Waals surface area contributed by atoms with Gasteiger partial charge in [-0.15, -0.1) is 0 Å². The van der Waals surface area contributed by atoms with Gasteiger partial charge in [0.1, 0.15) is 22.4 Å². The summed E-state index contributed by atoms with van der Waals surface area (Å²) < 4.78 is 20.5. The fraction of sp³-hybridized carbons (Fsp3) is 0.458. The van der Waals surface area contributed by atoms with E-state index in [9.17, 15) is 47.9 Å². The number of ketones is 2. The van der Waals surface area contributed by atoms with Gasteiger partial charge < -0.3 is 45.9 Å². The maximum Gasteiger partial charge on any atom is 0.336 e. The zero-order valence-corrected chi connectivity index (χ0v) is 39.6. The Balaban J connectivity index is 0.000000381. The molecule has 2 heterocycles. The molecule has 0 aliphatic carbocycles. The molecule has 2 aromatic heterocycles. The Labute approximate surface area is 387 Å². The molecule has 0 saturated heterocycles. The van der Waals surface area contributed by atoms with Crippen LogP contribution in [0.5, 0.6) is 0 Å². The number of hydrogen-bond donors (Lipinski definition) is 5. The number of carbonyl (C=O) groups excluding carboxylic acids is 7. The van der Waals surface area contributed by atoms with E-state index in [0.717, 1.165) is 27.5 Å². The highest BCUT2D eigenvalue weighted by Gasteiger charge is 2.30. The Bertz CT molecular complexity index is 2600. The topological polar surface area (TPSA) is 326 Å². The van der Waals surface area contributed by atoms with Crippen LogP contribution in [0.1, 0.15) is 103 Å². The van der Waals surface area contributed by atoms with E-state index in [1.807, 2.05) is 19.1 Å². The zero-order valence-electron chi connectivity index (χ0n) is 39.6. The van der Waals surface area contributed by atoms with E-state index in [0.29, 0.717) is 16.7 Å². The maximum absolute atomic E-state index is 12.7. The van der Waals surface area contributed by atoms with Crippen molar-refractivity contribution < 1.29 is 61.8 Å². The number of amides is 3. The molecule has 0 aliphatic heterocycles. The smallest absolute Gasteiger partial charge is 0.336 e. The number of rotatable bonds is 17. The fourth-order valence-electron chi connectivity index (χ4n) is 6.25. The van der Waals surface area contributed by atoms with Crippen LogP contribution in [0.3, 0.4) is 0 Å². The van der Waals surface area contributed by atoms with E-state index < -0.39 is 76.4 Å². The van der Waals surface area contributed by atoms with Gasteiger partial charge in [-0.2, -0.15) is 0 Å². The Morgan fingerprint density at radius 3 is 1.39 bits per heavy atom. The minimum atomic E-state index is -1.23. The number of fused-ring (bicyclic) bond motifs is 2. The molecule has 67 heavy (non-hydrogen) atoms. The van der Waals surface area contributed by atoms with Gasteiger partial charge in [0.05, 0.1) is 36.8 Å². The predicted molar refractivity (Wildman–Crippen MR) is 246 cm³/mol. The molecule has 19 nitrogen and oxygen atoms in total. The molecule has 0 radical (unpaired) electrons. The van der Waals surface area contributed by atoms with Crippen molar-refractivity contribution in [2.24, 2.45) is 29.0 Å². The molecule has 3 amide bonds. The molecule has 4 rings (SSSR count). The molecular formula is C48H62N4O15. The number of nitrogens with one attached hydrogen (secondary N) is 1. The number of carbonyl (C=O) groups is 8. The molecule has 8 N–H and O–H groups in total. The molecule has 0 spiro atoms. The van der Waals surface area contributed by atoms with Crippen LogP contribution < -0.4 is 33.8 Å². The average molecular weight is 935 g/mol. The highest BCUT2D eigenvalue weighted by molar-refractivity contribution is 5.94. The summed E-state index contributed by atoms with van der Waals surface area (Å²) >= 11 is 0. The van der Waals surface area contributed by atoms with Gasteiger partial charge >= 0.3 is 29.2 Å². The first kappa shape index (κ1) is 56.1. The Kier molecular flexibility index (Phi) is 20.5. The number of nitrogens with two attached hydrogens (primary N) is 3. The lowest BCUT2D eigenvalue weighted by Crippen LogP contribution is -2.44. The molecule has 0 unspecified atom stereocenters. The van der Waals surface area contributed by atoms with Gasteiger partial charge in [0.15, 0.2) is 11.6 Å². The summed E-state index contributed by atoms with van der Waals surface area (Å²) in [5.41, 5.74) is 17.3. The van der Waals surface area contributed by atoms with Crippen molar-refractivity contribution in [2.75, 3.05) is 0 Å². The van der Waals surface area contributed by atoms with Crippen molar-refractivity contribution in [1.82, 2.24) is 5.32 Å². The first-order valence-corrected chi connectivity index (χ1v) is 21.2. The van der Waals surface area contributed by atoms with E-state index in [1.54, 1.807) is 79.7 Å². The summed E-state index contributed by atoms with van der Waals surface area (Å²) in [4.78, 5) is 116. The van der Waals surface area contributed by atoms with Gasteiger partial charge in [-0.1, -0.05) is 24.3 Å². The quantitative estimate of drug-likeness (QED) is 0.0743. The van der Waals surface area contributed by atoms with E-state index in [1.165, 1.54) is 19.1 Å². The van der Waals surface area contributed by atoms with Crippen LogP contribution in [-0.4, -0.2) is 75.6 Å². The molecule has 0 aliphatic rings. The third-order valence-electron chi connectivity index (χ3n) is 9.42. The van der Waals surface area contributed by atoms with Crippen LogP contribution in [0.25, 0.3) is 21.9 Å². The van der Waals surface area contributed by atoms with E-state index in [4.69, 9.17) is 40.6 Å². The number of hydrogen-bond acceptors (Lipinski definition) is 15. The van der Waals surface area contributed by atoms with Gasteiger partial charge in [-0.05, 0) is 104 Å². The largest absolute Gasteiger partial charge is 0.481 e. The zero-order chi connectivity index (χ0) is 51.1. The average Bonchev–Trinajstić information content (AvgIpc) is 3.15. The standard InChI is InChI=1S/C24H30N2O7.C14H15NO3.C10H17NO5/c1-13-8-21(29)32-19-10-15(6-7-17(13)19)9-18(27)14(2)26-23(31)16(11-20(25)28)12-22(30)33-24(3,4)5;1-8-5-14(17)18-13-7-10(3-4-11(8)13)6-12(16)9(2)15;1-10(2,3)16-8(13)5-6(9(14)15)4-7(11)12/h6-8,10,14,16H,9,11-12H2,1-5H3,(H2,25,28)(H,26,31);3-5,7,9H,6,15H2,1-2H3;6H,4-5H2,1-3H3,(H2,11,12)(H,14,15)/t14-,16-;9-;6-/m000/s1. The molecule has 364 valence electrons. The van der Waals surface area contributed by atoms with Crippen LogP contribution in [-0.2, 0) is 60.7 Å². The Hall–Kier alpha value is -7.02. The van der Waals surface area contributed by atoms with Crippen molar-refractivity contribution in [3.63, 3.8) is 0 Å². The lowest BCUT2D eigenvalue weighted by Gasteiger charge is -2.22. The minimum absolute atomic E-state index is 0.0123. The van der Waals surface area contributed by atoms with Crippen LogP contribution >= 0.6 is 0 Å². The number of primary amides is 2. The van der Waals surface area contributed by atoms with Gasteiger partial charge in [0.25, 0.3) is 0 Å². The minimum Gasteiger partial charge on any atom is -0.481 e. The molecule has 2 aromatic carbocycles. The molecular weight excluding hydrogens is 873 g/mol. The van der Waals surface area contributed by atoms with E-state index in [-0.39, 0.29) is 55.7 Å². The summed E-state index contributed by atoms with van der Waals surface area (Å²) in [6, 6.07) is 12.1. The Morgan fingerprint density at radius 1 is 0.627 bits per heavy atom. The van der Waals surface area contributed by atoms with Crippen LogP contribution in [0, 0.1) is 25.7 Å². The number of carboxylic acids is 1. The number of carboxylic acid groups (broad SMARTS) is 1. The summed E-state index contributed by atoms with van der Waals surface area (Å²) in [5.74, 6) is -7.17. The summed E-state index contributed by atoms with van der Waals surface area (Å²) in [6.45, 7) is 16.9. The highest BCUT2D eigenvalue weighted by Crippen LogP contribution is 2.21. The number of ether oxygens (including phenoxy) is 2. The number of Topliss-reactive ketones (excluding diaryl/α,β-unsaturated/α-hetero) is 2. The van der Waals surface area contributed by atoms with Gasteiger partial charge in [-0.3, -0.25) is 38.4 Å². The third kappa shape index (κ3) is 20.4. The van der Waals surface area contributed by atoms with Crippen molar-refractivity contribution in [3.05, 3.63) is 91.6 Å². The van der Waals surface area contributed by atoms with E-state index >= 15 is 0 Å². The maximum atomic E-state index is 12.7. The first-order chi connectivity index (χ1) is 30.8. The van der Waals surface area contributed by atoms with Gasteiger partial charge in [0.2, 0.25) is 17.7 Å². The van der Waals surface area contributed by atoms with Crippen LogP contribution in [0.2, 0.25) is 0 Å². The lowest BCUT2D eigenvalue weighted by atomic mass is 9.98. The number of aliphatic carboxylic acids is 1. The molecule has 0 bridgehead atoms. The Morgan fingerprint density at radius 2 is 1.01 bits per heavy atom. The number of benzene rings is 2. The number of aryl methyl sites for hydroxylation is 2. The van der Waals surface area contributed by atoms with Crippen molar-refractivity contribution in [3.8, 4) is 0 Å². The summed E-state index contributed by atoms with van der Waals surface area (Å²) in [5, 5.41) is 13.0. The molecule has 0 saturated carbocycles. The van der Waals surface area contributed by atoms with Gasteiger partial charge in [0, 0.05) is 48.6 Å². The van der Waals surface area contributed by atoms with Crippen molar-refractivity contribution >= 4 is 69.1 Å². The first-order valence-electron chi connectivity index (χ1n) is 21.2. The monoisotopic (exact) mass is 934 g/mol. The second-order valence-electron chi connectivity index (χ2n) is 18.1. The molecule has 4 atom stereocenters. The second-order valence-corrected chi connectivity index (χ2v) is 18.1. The summed E-state index contributed by atoms with van der Waals surface area (Å²) in [7, 11) is 0. The molecule has 19 heteroatoms. The SMILES string of the molecule is CC(C)(C)OC(=O)C[C@H](CC(N)=O)C(=O)O.Cc1cc(=O)oc2cc(CC(=O)[C@H](C)N)ccc12.Cc1cc(=O)oc2cc(CC(=O)[C@H](C)NC(=O)[C@@H](CC(N)=O)CC(=O)OC(C)(C)C)ccc12. The third-order valence-corrected chi connectivity index (χ3v) is 9.42. The van der Waals surface area contributed by atoms with Crippen LogP contribution in [0.15, 0.2) is 67.0 Å². The highest BCUT2D eigenvalue weighted by atomic mass is 16.6. The number of esters is 2. The fourth-order valence-corrected chi connectivity index (χ4v) is 6.25. The predicted octanol–water partition coefficient (Wildman–Crippen LogP) is 3.80. The van der Waals surface area contributed by atoms with Gasteiger partial charge in [-0.25, -0.2) is 9.59 Å².